The predicted molar refractivity (Wildman–Crippen MR) is 109 cm³/mol. The van der Waals surface area contributed by atoms with Gasteiger partial charge in [0.2, 0.25) is 14.1 Å². The molecular formula is C22H24O4Si. The van der Waals surface area contributed by atoms with Gasteiger partial charge in [-0.3, -0.25) is 4.79 Å². The van der Waals surface area contributed by atoms with Crippen LogP contribution < -0.4 is 4.43 Å². The Balaban J connectivity index is 2.02. The largest absolute Gasteiger partial charge is 0.544 e. The van der Waals surface area contributed by atoms with Crippen LogP contribution in [0.25, 0.3) is 5.57 Å². The number of benzene rings is 2. The number of hydrogen-bond donors (Lipinski definition) is 1. The smallest absolute Gasteiger partial charge is 0.340 e. The molecule has 0 amide bonds. The lowest BCUT2D eigenvalue weighted by Gasteiger charge is -2.36. The minimum absolute atomic E-state index is 0.0848. The maximum Gasteiger partial charge on any atom is 0.340 e. The van der Waals surface area contributed by atoms with Crippen LogP contribution in [0.1, 0.15) is 42.3 Å². The van der Waals surface area contributed by atoms with E-state index < -0.39 is 20.1 Å². The Hall–Kier alpha value is -2.66. The van der Waals surface area contributed by atoms with Gasteiger partial charge in [-0.25, -0.2) is 4.79 Å². The van der Waals surface area contributed by atoms with Crippen molar-refractivity contribution in [1.29, 1.82) is 0 Å². The summed E-state index contributed by atoms with van der Waals surface area (Å²) < 4.78 is 6.29. The van der Waals surface area contributed by atoms with Crippen molar-refractivity contribution in [2.24, 2.45) is 0 Å². The first-order valence-electron chi connectivity index (χ1n) is 8.94. The van der Waals surface area contributed by atoms with Crippen molar-refractivity contribution in [2.45, 2.75) is 38.9 Å². The number of rotatable bonds is 4. The minimum atomic E-state index is -1.95. The van der Waals surface area contributed by atoms with Gasteiger partial charge in [-0.05, 0) is 41.4 Å². The van der Waals surface area contributed by atoms with Gasteiger partial charge in [-0.1, -0.05) is 57.2 Å². The van der Waals surface area contributed by atoms with Crippen LogP contribution >= 0.6 is 0 Å². The molecule has 1 N–H and O–H groups in total. The normalized spacial score (nSPS) is 14.3. The van der Waals surface area contributed by atoms with Crippen LogP contribution in [0.5, 0.6) is 5.75 Å². The molecule has 2 aromatic carbocycles. The lowest BCUT2D eigenvalue weighted by atomic mass is 9.97. The van der Waals surface area contributed by atoms with Crippen LogP contribution in [0.4, 0.5) is 0 Å². The first-order valence-corrected chi connectivity index (χ1v) is 11.8. The van der Waals surface area contributed by atoms with Gasteiger partial charge in [0.1, 0.15) is 11.3 Å². The number of carboxylic acids is 1. The molecule has 2 aromatic rings. The molecule has 4 nitrogen and oxygen atoms in total. The predicted octanol–water partition coefficient (Wildman–Crippen LogP) is 5.15. The molecule has 0 radical (unpaired) electrons. The summed E-state index contributed by atoms with van der Waals surface area (Å²) in [7, 11) is -1.95. The maximum absolute atomic E-state index is 12.5. The fourth-order valence-electron chi connectivity index (χ4n) is 2.92. The van der Waals surface area contributed by atoms with Crippen molar-refractivity contribution < 1.29 is 19.1 Å². The van der Waals surface area contributed by atoms with Gasteiger partial charge >= 0.3 is 5.97 Å². The van der Waals surface area contributed by atoms with E-state index in [1.807, 2.05) is 30.3 Å². The number of ketones is 1. The monoisotopic (exact) mass is 380 g/mol. The van der Waals surface area contributed by atoms with Crippen molar-refractivity contribution >= 4 is 25.6 Å². The first-order chi connectivity index (χ1) is 12.5. The second-order valence-electron chi connectivity index (χ2n) is 8.32. The van der Waals surface area contributed by atoms with E-state index >= 15 is 0 Å². The average molecular weight is 381 g/mol. The van der Waals surface area contributed by atoms with Gasteiger partial charge < -0.3 is 9.53 Å². The summed E-state index contributed by atoms with van der Waals surface area (Å²) in [6, 6.07) is 14.4. The van der Waals surface area contributed by atoms with E-state index in [4.69, 9.17) is 4.43 Å². The summed E-state index contributed by atoms with van der Waals surface area (Å²) in [6.45, 7) is 10.9. The quantitative estimate of drug-likeness (QED) is 0.588. The van der Waals surface area contributed by atoms with Crippen LogP contribution in [0.3, 0.4) is 0 Å². The summed E-state index contributed by atoms with van der Waals surface area (Å²) >= 11 is 0. The Morgan fingerprint density at radius 1 is 0.963 bits per heavy atom. The third-order valence-corrected chi connectivity index (χ3v) is 9.81. The van der Waals surface area contributed by atoms with Gasteiger partial charge in [0.15, 0.2) is 0 Å². The molecule has 0 aliphatic heterocycles. The Bertz CT molecular complexity index is 947. The van der Waals surface area contributed by atoms with E-state index in [0.717, 1.165) is 5.75 Å². The zero-order chi connectivity index (χ0) is 20.0. The molecule has 3 rings (SSSR count). The number of Topliss-reactive ketones (excluding diaryl/α,β-unsaturated/α-hetero) is 1. The summed E-state index contributed by atoms with van der Waals surface area (Å²) in [4.78, 5) is 24.3. The molecule has 0 atom stereocenters. The summed E-state index contributed by atoms with van der Waals surface area (Å²) in [5.74, 6) is -0.872. The lowest BCUT2D eigenvalue weighted by Crippen LogP contribution is -2.43. The number of carboxylic acid groups (broad SMARTS) is 1. The van der Waals surface area contributed by atoms with Gasteiger partial charge in [-0.2, -0.15) is 0 Å². The lowest BCUT2D eigenvalue weighted by molar-refractivity contribution is -0.132. The van der Waals surface area contributed by atoms with Crippen molar-refractivity contribution in [1.82, 2.24) is 0 Å². The Morgan fingerprint density at radius 3 is 2.04 bits per heavy atom. The third kappa shape index (κ3) is 3.35. The zero-order valence-corrected chi connectivity index (χ0v) is 17.3. The van der Waals surface area contributed by atoms with Crippen molar-refractivity contribution in [2.75, 3.05) is 0 Å². The Labute approximate surface area is 160 Å². The third-order valence-electron chi connectivity index (χ3n) is 5.45. The SMILES string of the molecule is CC(C)(C)[Si](C)(C)Oc1ccc(C2=C(C(=O)O)C(=O)c3ccccc32)cc1. The van der Waals surface area contributed by atoms with Gasteiger partial charge in [-0.15, -0.1) is 0 Å². The molecule has 0 heterocycles. The second-order valence-corrected chi connectivity index (χ2v) is 13.0. The summed E-state index contributed by atoms with van der Waals surface area (Å²) in [5, 5.41) is 9.67. The van der Waals surface area contributed by atoms with E-state index in [1.165, 1.54) is 0 Å². The van der Waals surface area contributed by atoms with Crippen LogP contribution in [-0.4, -0.2) is 25.2 Å². The van der Waals surface area contributed by atoms with Crippen LogP contribution in [0.15, 0.2) is 54.1 Å². The van der Waals surface area contributed by atoms with E-state index in [2.05, 4.69) is 33.9 Å². The first kappa shape index (κ1) is 19.1. The molecule has 1 aliphatic rings. The highest BCUT2D eigenvalue weighted by atomic mass is 28.4. The van der Waals surface area contributed by atoms with Crippen molar-refractivity contribution in [3.8, 4) is 5.75 Å². The van der Waals surface area contributed by atoms with E-state index in [-0.39, 0.29) is 10.6 Å². The summed E-state index contributed by atoms with van der Waals surface area (Å²) in [5.41, 5.74) is 2.11. The topological polar surface area (TPSA) is 63.6 Å². The van der Waals surface area contributed by atoms with Gasteiger partial charge in [0.25, 0.3) is 0 Å². The number of hydrogen-bond acceptors (Lipinski definition) is 3. The molecule has 0 spiro atoms. The standard InChI is InChI=1S/C22H24O4Si/c1-22(2,3)27(4,5)26-15-12-10-14(11-13-15)18-16-8-6-7-9-17(16)20(23)19(18)21(24)25/h6-13H,1-5H3,(H,24,25). The Kier molecular flexibility index (Phi) is 4.60. The molecule has 140 valence electrons. The number of carbonyl (C=O) groups excluding carboxylic acids is 1. The van der Waals surface area contributed by atoms with Crippen LogP contribution in [-0.2, 0) is 4.79 Å². The van der Waals surface area contributed by atoms with Crippen LogP contribution in [0.2, 0.25) is 18.1 Å². The zero-order valence-electron chi connectivity index (χ0n) is 16.3. The van der Waals surface area contributed by atoms with Gasteiger partial charge in [0, 0.05) is 11.1 Å². The van der Waals surface area contributed by atoms with Gasteiger partial charge in [0.05, 0.1) is 0 Å². The number of carbonyl (C=O) groups is 2. The van der Waals surface area contributed by atoms with Crippen LogP contribution in [0, 0.1) is 0 Å². The van der Waals surface area contributed by atoms with E-state index in [9.17, 15) is 14.7 Å². The molecule has 5 heteroatoms. The highest BCUT2D eigenvalue weighted by Gasteiger charge is 2.39. The molecule has 27 heavy (non-hydrogen) atoms. The average Bonchev–Trinajstić information content (AvgIpc) is 2.88. The van der Waals surface area contributed by atoms with Crippen molar-refractivity contribution in [3.05, 3.63) is 70.8 Å². The molecule has 0 fully saturated rings. The Morgan fingerprint density at radius 2 is 1.52 bits per heavy atom. The van der Waals surface area contributed by atoms with Crippen molar-refractivity contribution in [3.63, 3.8) is 0 Å². The number of fused-ring (bicyclic) bond motifs is 1. The fourth-order valence-corrected chi connectivity index (χ4v) is 3.95. The fraction of sp³-hybridized carbons (Fsp3) is 0.273. The summed E-state index contributed by atoms with van der Waals surface area (Å²) in [6.07, 6.45) is 0. The molecule has 0 unspecified atom stereocenters. The van der Waals surface area contributed by atoms with E-state index in [1.54, 1.807) is 18.2 Å². The molecule has 0 bridgehead atoms. The highest BCUT2D eigenvalue weighted by molar-refractivity contribution is 6.74. The molecule has 0 aromatic heterocycles. The maximum atomic E-state index is 12.5. The highest BCUT2D eigenvalue weighted by Crippen LogP contribution is 2.40. The molecular weight excluding hydrogens is 356 g/mol. The number of aliphatic carboxylic acids is 1. The minimum Gasteiger partial charge on any atom is -0.544 e. The molecule has 0 saturated carbocycles. The second kappa shape index (κ2) is 6.50. The van der Waals surface area contributed by atoms with E-state index in [0.29, 0.717) is 22.3 Å². The molecule has 0 saturated heterocycles. The molecule has 1 aliphatic carbocycles.